The molecule has 0 unspecified atom stereocenters. The van der Waals surface area contributed by atoms with Gasteiger partial charge < -0.3 is 4.90 Å². The van der Waals surface area contributed by atoms with Gasteiger partial charge >= 0.3 is 0 Å². The second-order valence-corrected chi connectivity index (χ2v) is 9.45. The van der Waals surface area contributed by atoms with Gasteiger partial charge in [0.2, 0.25) is 10.0 Å². The number of rotatable bonds is 7. The Kier molecular flexibility index (Phi) is 6.49. The molecule has 1 aliphatic rings. The van der Waals surface area contributed by atoms with Crippen molar-refractivity contribution in [2.75, 3.05) is 31.6 Å². The predicted octanol–water partition coefficient (Wildman–Crippen LogP) is 3.09. The third-order valence-electron chi connectivity index (χ3n) is 5.24. The molecule has 0 bridgehead atoms. The summed E-state index contributed by atoms with van der Waals surface area (Å²) in [5, 5.41) is 11.7. The second kappa shape index (κ2) is 8.87. The number of nitro groups is 1. The van der Waals surface area contributed by atoms with Gasteiger partial charge in [-0.1, -0.05) is 13.0 Å². The fourth-order valence-corrected chi connectivity index (χ4v) is 5.21. The van der Waals surface area contributed by atoms with E-state index in [4.69, 9.17) is 0 Å². The SMILES string of the molecule is C[C@@H]1CCCN(S(=O)(=O)c2ccc(N(C)CCc3ccccn3)c([N+](=O)[O-])c2)C1. The number of hydrogen-bond donors (Lipinski definition) is 0. The summed E-state index contributed by atoms with van der Waals surface area (Å²) in [6.45, 7) is 3.44. The van der Waals surface area contributed by atoms with Gasteiger partial charge in [0.15, 0.2) is 0 Å². The van der Waals surface area contributed by atoms with Crippen LogP contribution in [0.2, 0.25) is 0 Å². The number of nitrogens with zero attached hydrogens (tertiary/aromatic N) is 4. The smallest absolute Gasteiger partial charge is 0.293 e. The van der Waals surface area contributed by atoms with Gasteiger partial charge in [0.1, 0.15) is 5.69 Å². The molecule has 2 aromatic rings. The van der Waals surface area contributed by atoms with Crippen molar-refractivity contribution in [3.8, 4) is 0 Å². The van der Waals surface area contributed by atoms with Gasteiger partial charge in [0, 0.05) is 51.1 Å². The maximum Gasteiger partial charge on any atom is 0.293 e. The first kappa shape index (κ1) is 21.2. The first-order valence-corrected chi connectivity index (χ1v) is 11.1. The Morgan fingerprint density at radius 3 is 2.76 bits per heavy atom. The summed E-state index contributed by atoms with van der Waals surface area (Å²) >= 11 is 0. The van der Waals surface area contributed by atoms with Crippen molar-refractivity contribution in [3.05, 3.63) is 58.4 Å². The molecule has 0 N–H and O–H groups in total. The number of anilines is 1. The Balaban J connectivity index is 1.84. The summed E-state index contributed by atoms with van der Waals surface area (Å²) in [7, 11) is -1.99. The number of piperidine rings is 1. The van der Waals surface area contributed by atoms with E-state index in [0.717, 1.165) is 18.5 Å². The Labute approximate surface area is 171 Å². The van der Waals surface area contributed by atoms with Crippen molar-refractivity contribution in [2.24, 2.45) is 5.92 Å². The summed E-state index contributed by atoms with van der Waals surface area (Å²) in [5.41, 5.74) is 1.07. The van der Waals surface area contributed by atoms with Crippen LogP contribution in [0.1, 0.15) is 25.5 Å². The number of sulfonamides is 1. The van der Waals surface area contributed by atoms with Crippen molar-refractivity contribution >= 4 is 21.4 Å². The van der Waals surface area contributed by atoms with E-state index in [1.165, 1.54) is 22.5 Å². The molecule has 1 aliphatic heterocycles. The lowest BCUT2D eigenvalue weighted by Gasteiger charge is -2.30. The van der Waals surface area contributed by atoms with Crippen molar-refractivity contribution < 1.29 is 13.3 Å². The first-order valence-electron chi connectivity index (χ1n) is 9.68. The minimum atomic E-state index is -3.75. The molecule has 2 heterocycles. The molecule has 0 radical (unpaired) electrons. The molecule has 1 aromatic heterocycles. The van der Waals surface area contributed by atoms with Crippen LogP contribution >= 0.6 is 0 Å². The Morgan fingerprint density at radius 1 is 1.31 bits per heavy atom. The van der Waals surface area contributed by atoms with Crippen molar-refractivity contribution in [3.63, 3.8) is 0 Å². The lowest BCUT2D eigenvalue weighted by atomic mass is 10.0. The number of likely N-dealkylation sites (N-methyl/N-ethyl adjacent to an activating group) is 1. The minimum Gasteiger partial charge on any atom is -0.369 e. The zero-order valence-corrected chi connectivity index (χ0v) is 17.5. The molecule has 0 aliphatic carbocycles. The van der Waals surface area contributed by atoms with Gasteiger partial charge in [-0.25, -0.2) is 8.42 Å². The first-order chi connectivity index (χ1) is 13.8. The van der Waals surface area contributed by atoms with Crippen molar-refractivity contribution in [2.45, 2.75) is 31.1 Å². The fourth-order valence-electron chi connectivity index (χ4n) is 3.60. The van der Waals surface area contributed by atoms with E-state index in [1.807, 2.05) is 25.1 Å². The van der Waals surface area contributed by atoms with E-state index in [1.54, 1.807) is 18.1 Å². The van der Waals surface area contributed by atoms with Gasteiger partial charge in [-0.3, -0.25) is 15.1 Å². The van der Waals surface area contributed by atoms with Gasteiger partial charge in [-0.15, -0.1) is 0 Å². The fraction of sp³-hybridized carbons (Fsp3) is 0.450. The highest BCUT2D eigenvalue weighted by Crippen LogP contribution is 2.32. The van der Waals surface area contributed by atoms with Crippen LogP contribution in [0.5, 0.6) is 0 Å². The largest absolute Gasteiger partial charge is 0.369 e. The molecule has 0 spiro atoms. The number of pyridine rings is 1. The molecule has 156 valence electrons. The third-order valence-corrected chi connectivity index (χ3v) is 7.10. The Hall–Kier alpha value is -2.52. The molecule has 1 aromatic carbocycles. The topological polar surface area (TPSA) is 96.7 Å². The summed E-state index contributed by atoms with van der Waals surface area (Å²) in [6.07, 6.45) is 4.13. The molecule has 8 nitrogen and oxygen atoms in total. The molecule has 0 amide bonds. The maximum atomic E-state index is 13.0. The van der Waals surface area contributed by atoms with E-state index in [9.17, 15) is 18.5 Å². The van der Waals surface area contributed by atoms with Crippen LogP contribution in [0.4, 0.5) is 11.4 Å². The molecular formula is C20H26N4O4S. The second-order valence-electron chi connectivity index (χ2n) is 7.51. The summed E-state index contributed by atoms with van der Waals surface area (Å²) in [5.74, 6) is 0.283. The van der Waals surface area contributed by atoms with Crippen LogP contribution in [-0.4, -0.2) is 49.3 Å². The molecule has 1 atom stereocenters. The average Bonchev–Trinajstić information content (AvgIpc) is 2.72. The predicted molar refractivity (Wildman–Crippen MR) is 111 cm³/mol. The van der Waals surface area contributed by atoms with Gasteiger partial charge in [-0.2, -0.15) is 4.31 Å². The number of aromatic nitrogens is 1. The lowest BCUT2D eigenvalue weighted by molar-refractivity contribution is -0.384. The minimum absolute atomic E-state index is 0.0276. The van der Waals surface area contributed by atoms with Crippen LogP contribution in [0.3, 0.4) is 0 Å². The summed E-state index contributed by atoms with van der Waals surface area (Å²) in [4.78, 5) is 17.1. The number of hydrogen-bond acceptors (Lipinski definition) is 6. The molecular weight excluding hydrogens is 392 g/mol. The van der Waals surface area contributed by atoms with Gasteiger partial charge in [0.25, 0.3) is 5.69 Å². The quantitative estimate of drug-likeness (QED) is 0.506. The van der Waals surface area contributed by atoms with Crippen molar-refractivity contribution in [1.29, 1.82) is 0 Å². The highest BCUT2D eigenvalue weighted by Gasteiger charge is 2.31. The van der Waals surface area contributed by atoms with E-state index in [-0.39, 0.29) is 16.5 Å². The maximum absolute atomic E-state index is 13.0. The normalized spacial score (nSPS) is 17.8. The molecule has 3 rings (SSSR count). The van der Waals surface area contributed by atoms with Crippen molar-refractivity contribution in [1.82, 2.24) is 9.29 Å². The van der Waals surface area contributed by atoms with E-state index >= 15 is 0 Å². The highest BCUT2D eigenvalue weighted by atomic mass is 32.2. The van der Waals surface area contributed by atoms with E-state index in [0.29, 0.717) is 31.7 Å². The standard InChI is InChI=1S/C20H26N4O4S/c1-16-6-5-12-23(15-16)29(27,28)18-8-9-19(20(14-18)24(25)26)22(2)13-10-17-7-3-4-11-21-17/h3-4,7-9,11,14,16H,5-6,10,12-13,15H2,1-2H3/t16-/m1/s1. The number of nitro benzene ring substituents is 1. The lowest BCUT2D eigenvalue weighted by Crippen LogP contribution is -2.39. The van der Waals surface area contributed by atoms with Gasteiger partial charge in [0.05, 0.1) is 9.82 Å². The van der Waals surface area contributed by atoms with Gasteiger partial charge in [-0.05, 0) is 43.0 Å². The molecule has 1 saturated heterocycles. The third kappa shape index (κ3) is 4.91. The van der Waals surface area contributed by atoms with Crippen LogP contribution in [0.15, 0.2) is 47.5 Å². The van der Waals surface area contributed by atoms with Crippen LogP contribution in [0.25, 0.3) is 0 Å². The highest BCUT2D eigenvalue weighted by molar-refractivity contribution is 7.89. The molecule has 29 heavy (non-hydrogen) atoms. The molecule has 0 saturated carbocycles. The summed E-state index contributed by atoms with van der Waals surface area (Å²) in [6, 6.07) is 9.80. The zero-order chi connectivity index (χ0) is 21.0. The van der Waals surface area contributed by atoms with Crippen LogP contribution in [0, 0.1) is 16.0 Å². The Morgan fingerprint density at radius 2 is 2.10 bits per heavy atom. The monoisotopic (exact) mass is 418 g/mol. The number of benzene rings is 1. The zero-order valence-electron chi connectivity index (χ0n) is 16.7. The molecule has 1 fully saturated rings. The summed E-state index contributed by atoms with van der Waals surface area (Å²) < 4.78 is 27.4. The van der Waals surface area contributed by atoms with Crippen LogP contribution < -0.4 is 4.90 Å². The molecule has 9 heteroatoms. The van der Waals surface area contributed by atoms with E-state index < -0.39 is 14.9 Å². The average molecular weight is 419 g/mol. The Bertz CT molecular complexity index is 966. The van der Waals surface area contributed by atoms with E-state index in [2.05, 4.69) is 4.98 Å². The van der Waals surface area contributed by atoms with Crippen LogP contribution in [-0.2, 0) is 16.4 Å².